The van der Waals surface area contributed by atoms with Gasteiger partial charge in [-0.2, -0.15) is 0 Å². The molecule has 0 amide bonds. The van der Waals surface area contributed by atoms with E-state index in [4.69, 9.17) is 4.74 Å². The number of nitrogens with zero attached hydrogens (tertiary/aromatic N) is 1. The van der Waals surface area contributed by atoms with Crippen LogP contribution in [0.2, 0.25) is 0 Å². The Labute approximate surface area is 144 Å². The molecule has 2 aliphatic heterocycles. The summed E-state index contributed by atoms with van der Waals surface area (Å²) in [6.45, 7) is 5.60. The second-order valence-electron chi connectivity index (χ2n) is 5.70. The van der Waals surface area contributed by atoms with Crippen LogP contribution < -0.4 is 5.32 Å². The van der Waals surface area contributed by atoms with E-state index < -0.39 is 0 Å². The largest absolute Gasteiger partial charge is 0.381 e. The summed E-state index contributed by atoms with van der Waals surface area (Å²) in [4.78, 5) is 2.45. The number of hydrogen-bond donors (Lipinski definition) is 1. The third-order valence-corrected chi connectivity index (χ3v) is 4.48. The van der Waals surface area contributed by atoms with Gasteiger partial charge in [0.25, 0.3) is 0 Å². The normalized spacial score (nSPS) is 21.5. The molecule has 0 unspecified atom stereocenters. The first-order valence-corrected chi connectivity index (χ1v) is 7.63. The lowest BCUT2D eigenvalue weighted by molar-refractivity contribution is 0.0203. The van der Waals surface area contributed by atoms with Crippen molar-refractivity contribution in [2.45, 2.75) is 18.9 Å². The quantitative estimate of drug-likeness (QED) is 0.906. The Morgan fingerprint density at radius 2 is 1.73 bits per heavy atom. The molecular formula is C16H25Cl2FN2O. The van der Waals surface area contributed by atoms with Gasteiger partial charge in [-0.3, -0.25) is 4.90 Å². The van der Waals surface area contributed by atoms with Gasteiger partial charge >= 0.3 is 0 Å². The third-order valence-electron chi connectivity index (χ3n) is 4.48. The molecule has 22 heavy (non-hydrogen) atoms. The predicted molar refractivity (Wildman–Crippen MR) is 91.6 cm³/mol. The van der Waals surface area contributed by atoms with E-state index in [2.05, 4.69) is 10.2 Å². The van der Waals surface area contributed by atoms with Gasteiger partial charge in [-0.1, -0.05) is 18.2 Å². The van der Waals surface area contributed by atoms with Crippen molar-refractivity contribution in [3.05, 3.63) is 35.6 Å². The molecule has 0 aromatic heterocycles. The van der Waals surface area contributed by atoms with Crippen LogP contribution in [0, 0.1) is 11.7 Å². The van der Waals surface area contributed by atoms with Gasteiger partial charge in [-0.05, 0) is 24.8 Å². The molecule has 0 saturated carbocycles. The predicted octanol–water partition coefficient (Wildman–Crippen LogP) is 3.04. The summed E-state index contributed by atoms with van der Waals surface area (Å²) in [5, 5.41) is 3.38. The number of hydrogen-bond acceptors (Lipinski definition) is 3. The monoisotopic (exact) mass is 350 g/mol. The van der Waals surface area contributed by atoms with Crippen LogP contribution in [0.3, 0.4) is 0 Å². The van der Waals surface area contributed by atoms with E-state index in [1.54, 1.807) is 12.1 Å². The molecule has 0 spiro atoms. The first-order chi connectivity index (χ1) is 9.86. The van der Waals surface area contributed by atoms with Crippen molar-refractivity contribution >= 4 is 24.8 Å². The van der Waals surface area contributed by atoms with E-state index in [1.807, 2.05) is 12.1 Å². The topological polar surface area (TPSA) is 24.5 Å². The van der Waals surface area contributed by atoms with Crippen LogP contribution in [0.1, 0.15) is 24.4 Å². The van der Waals surface area contributed by atoms with Crippen LogP contribution >= 0.6 is 24.8 Å². The Morgan fingerprint density at radius 3 is 2.36 bits per heavy atom. The highest BCUT2D eigenvalue weighted by molar-refractivity contribution is 5.85. The smallest absolute Gasteiger partial charge is 0.127 e. The minimum absolute atomic E-state index is 0. The summed E-state index contributed by atoms with van der Waals surface area (Å²) in [5.74, 6) is 0.432. The molecule has 0 aliphatic carbocycles. The van der Waals surface area contributed by atoms with Crippen molar-refractivity contribution in [2.75, 3.05) is 39.4 Å². The van der Waals surface area contributed by atoms with Crippen molar-refractivity contribution in [1.29, 1.82) is 0 Å². The van der Waals surface area contributed by atoms with Crippen molar-refractivity contribution in [1.82, 2.24) is 10.2 Å². The minimum atomic E-state index is -0.0671. The zero-order valence-electron chi connectivity index (χ0n) is 12.7. The van der Waals surface area contributed by atoms with Crippen LogP contribution in [0.4, 0.5) is 4.39 Å². The standard InChI is InChI=1S/C16H23FN2O.2ClH/c17-15-4-2-1-3-14(15)16(13-5-11-20-12-6-13)19-9-7-18-8-10-19;;/h1-4,13,16,18H,5-12H2;2*1H/t16-;;/m1../s1. The Kier molecular flexibility index (Phi) is 8.65. The Bertz CT molecular complexity index is 420. The fraction of sp³-hybridized carbons (Fsp3) is 0.625. The zero-order valence-corrected chi connectivity index (χ0v) is 14.3. The summed E-state index contributed by atoms with van der Waals surface area (Å²) in [7, 11) is 0. The van der Waals surface area contributed by atoms with Gasteiger partial charge in [0.2, 0.25) is 0 Å². The summed E-state index contributed by atoms with van der Waals surface area (Å²) in [5.41, 5.74) is 0.862. The molecule has 3 nitrogen and oxygen atoms in total. The molecule has 2 fully saturated rings. The lowest BCUT2D eigenvalue weighted by atomic mass is 9.85. The number of ether oxygens (including phenoxy) is 1. The van der Waals surface area contributed by atoms with Crippen molar-refractivity contribution in [3.63, 3.8) is 0 Å². The van der Waals surface area contributed by atoms with Gasteiger partial charge < -0.3 is 10.1 Å². The van der Waals surface area contributed by atoms with Gasteiger partial charge in [0.15, 0.2) is 0 Å². The SMILES string of the molecule is Cl.Cl.Fc1ccccc1[C@@H](C1CCOCC1)N1CCNCC1. The average Bonchev–Trinajstić information content (AvgIpc) is 2.52. The number of rotatable bonds is 3. The number of piperazine rings is 1. The number of benzene rings is 1. The fourth-order valence-corrected chi connectivity index (χ4v) is 3.46. The molecule has 0 bridgehead atoms. The number of halogens is 3. The molecule has 1 aromatic rings. The van der Waals surface area contributed by atoms with Gasteiger partial charge in [0.05, 0.1) is 0 Å². The first-order valence-electron chi connectivity index (χ1n) is 7.63. The van der Waals surface area contributed by atoms with Crippen LogP contribution in [0.15, 0.2) is 24.3 Å². The van der Waals surface area contributed by atoms with Gasteiger partial charge in [-0.15, -0.1) is 24.8 Å². The van der Waals surface area contributed by atoms with Crippen molar-refractivity contribution in [3.8, 4) is 0 Å². The molecule has 3 rings (SSSR count). The molecule has 0 radical (unpaired) electrons. The molecule has 126 valence electrons. The van der Waals surface area contributed by atoms with Gasteiger partial charge in [-0.25, -0.2) is 4.39 Å². The van der Waals surface area contributed by atoms with Crippen LogP contribution in [-0.2, 0) is 4.74 Å². The summed E-state index contributed by atoms with van der Waals surface area (Å²) >= 11 is 0. The maximum absolute atomic E-state index is 14.3. The molecule has 1 aromatic carbocycles. The molecule has 1 atom stereocenters. The molecule has 1 N–H and O–H groups in total. The minimum Gasteiger partial charge on any atom is -0.381 e. The second-order valence-corrected chi connectivity index (χ2v) is 5.70. The van der Waals surface area contributed by atoms with Crippen LogP contribution in [0.5, 0.6) is 0 Å². The average molecular weight is 351 g/mol. The lowest BCUT2D eigenvalue weighted by Gasteiger charge is -2.41. The maximum Gasteiger partial charge on any atom is 0.127 e. The van der Waals surface area contributed by atoms with Crippen molar-refractivity contribution < 1.29 is 9.13 Å². The van der Waals surface area contributed by atoms with Crippen LogP contribution in [-0.4, -0.2) is 44.3 Å². The lowest BCUT2D eigenvalue weighted by Crippen LogP contribution is -2.47. The third kappa shape index (κ3) is 4.56. The highest BCUT2D eigenvalue weighted by Crippen LogP contribution is 2.36. The van der Waals surface area contributed by atoms with E-state index in [0.29, 0.717) is 5.92 Å². The Hall–Kier alpha value is -0.390. The van der Waals surface area contributed by atoms with Crippen LogP contribution in [0.25, 0.3) is 0 Å². The summed E-state index contributed by atoms with van der Waals surface area (Å²) < 4.78 is 19.8. The number of nitrogens with one attached hydrogen (secondary N) is 1. The highest BCUT2D eigenvalue weighted by atomic mass is 35.5. The zero-order chi connectivity index (χ0) is 13.8. The molecule has 2 heterocycles. The van der Waals surface area contributed by atoms with E-state index in [-0.39, 0.29) is 36.7 Å². The summed E-state index contributed by atoms with van der Waals surface area (Å²) in [6.07, 6.45) is 2.06. The maximum atomic E-state index is 14.3. The van der Waals surface area contributed by atoms with Gasteiger partial charge in [0.1, 0.15) is 5.82 Å². The molecule has 2 aliphatic rings. The highest BCUT2D eigenvalue weighted by Gasteiger charge is 2.32. The second kappa shape index (κ2) is 9.68. The van der Waals surface area contributed by atoms with E-state index in [9.17, 15) is 4.39 Å². The van der Waals surface area contributed by atoms with Gasteiger partial charge in [0, 0.05) is 51.0 Å². The first kappa shape index (κ1) is 19.7. The van der Waals surface area contributed by atoms with E-state index >= 15 is 0 Å². The fourth-order valence-electron chi connectivity index (χ4n) is 3.46. The Balaban J connectivity index is 0.00000121. The molecular weight excluding hydrogens is 326 g/mol. The Morgan fingerprint density at radius 1 is 1.09 bits per heavy atom. The van der Waals surface area contributed by atoms with Crippen molar-refractivity contribution in [2.24, 2.45) is 5.92 Å². The summed E-state index contributed by atoms with van der Waals surface area (Å²) in [6, 6.07) is 7.47. The molecule has 2 saturated heterocycles. The molecule has 6 heteroatoms. The van der Waals surface area contributed by atoms with E-state index in [1.165, 1.54) is 0 Å². The van der Waals surface area contributed by atoms with E-state index in [0.717, 1.165) is 57.8 Å².